The van der Waals surface area contributed by atoms with Crippen LogP contribution in [-0.2, 0) is 0 Å². The first-order valence-corrected chi connectivity index (χ1v) is 5.52. The van der Waals surface area contributed by atoms with E-state index in [-0.39, 0.29) is 17.5 Å². The van der Waals surface area contributed by atoms with Crippen LogP contribution in [0.2, 0.25) is 0 Å². The van der Waals surface area contributed by atoms with Gasteiger partial charge < -0.3 is 15.2 Å². The van der Waals surface area contributed by atoms with Gasteiger partial charge in [-0.15, -0.1) is 0 Å². The molecule has 0 aromatic heterocycles. The molecule has 1 fully saturated rings. The van der Waals surface area contributed by atoms with Crippen molar-refractivity contribution in [2.75, 3.05) is 13.7 Å². The SMILES string of the molecule is COc1cc(C2CCCCN2)cc(O)c1F. The third-order valence-electron chi connectivity index (χ3n) is 2.97. The van der Waals surface area contributed by atoms with Crippen LogP contribution in [0.3, 0.4) is 0 Å². The van der Waals surface area contributed by atoms with Crippen LogP contribution < -0.4 is 10.1 Å². The van der Waals surface area contributed by atoms with Gasteiger partial charge in [-0.3, -0.25) is 0 Å². The number of hydrogen-bond acceptors (Lipinski definition) is 3. The van der Waals surface area contributed by atoms with E-state index in [2.05, 4.69) is 5.32 Å². The first-order valence-electron chi connectivity index (χ1n) is 5.52. The van der Waals surface area contributed by atoms with Crippen molar-refractivity contribution in [3.05, 3.63) is 23.5 Å². The maximum atomic E-state index is 13.4. The number of methoxy groups -OCH3 is 1. The Hall–Kier alpha value is -1.29. The van der Waals surface area contributed by atoms with E-state index in [4.69, 9.17) is 4.74 Å². The third kappa shape index (κ3) is 2.11. The molecule has 1 saturated heterocycles. The summed E-state index contributed by atoms with van der Waals surface area (Å²) >= 11 is 0. The monoisotopic (exact) mass is 225 g/mol. The number of rotatable bonds is 2. The molecule has 1 aliphatic heterocycles. The largest absolute Gasteiger partial charge is 0.505 e. The van der Waals surface area contributed by atoms with Gasteiger partial charge in [-0.05, 0) is 37.1 Å². The molecule has 1 atom stereocenters. The van der Waals surface area contributed by atoms with Crippen LogP contribution >= 0.6 is 0 Å². The lowest BCUT2D eigenvalue weighted by atomic mass is 9.97. The molecule has 1 aliphatic rings. The van der Waals surface area contributed by atoms with Crippen molar-refractivity contribution in [2.24, 2.45) is 0 Å². The van der Waals surface area contributed by atoms with E-state index in [1.807, 2.05) is 0 Å². The summed E-state index contributed by atoms with van der Waals surface area (Å²) in [7, 11) is 1.40. The number of phenolic OH excluding ortho intramolecular Hbond substituents is 1. The van der Waals surface area contributed by atoms with Gasteiger partial charge in [0.1, 0.15) is 0 Å². The van der Waals surface area contributed by atoms with Gasteiger partial charge in [-0.25, -0.2) is 0 Å². The van der Waals surface area contributed by atoms with E-state index in [0.29, 0.717) is 0 Å². The highest BCUT2D eigenvalue weighted by atomic mass is 19.1. The Labute approximate surface area is 94.2 Å². The number of nitrogens with one attached hydrogen (secondary N) is 1. The number of aromatic hydroxyl groups is 1. The molecule has 88 valence electrons. The molecule has 1 aromatic carbocycles. The van der Waals surface area contributed by atoms with Crippen LogP contribution in [0.25, 0.3) is 0 Å². The van der Waals surface area contributed by atoms with Gasteiger partial charge in [0.2, 0.25) is 5.82 Å². The highest BCUT2D eigenvalue weighted by molar-refractivity contribution is 5.41. The maximum Gasteiger partial charge on any atom is 0.206 e. The minimum Gasteiger partial charge on any atom is -0.505 e. The van der Waals surface area contributed by atoms with Crippen LogP contribution in [0.5, 0.6) is 11.5 Å². The highest BCUT2D eigenvalue weighted by Crippen LogP contribution is 2.32. The molecule has 4 heteroatoms. The second-order valence-corrected chi connectivity index (χ2v) is 4.06. The topological polar surface area (TPSA) is 41.5 Å². The average Bonchev–Trinajstić information content (AvgIpc) is 2.33. The van der Waals surface area contributed by atoms with E-state index >= 15 is 0 Å². The van der Waals surface area contributed by atoms with Crippen LogP contribution in [0.15, 0.2) is 12.1 Å². The quantitative estimate of drug-likeness (QED) is 0.811. The van der Waals surface area contributed by atoms with Crippen molar-refractivity contribution < 1.29 is 14.2 Å². The average molecular weight is 225 g/mol. The summed E-state index contributed by atoms with van der Waals surface area (Å²) in [6.07, 6.45) is 3.33. The Morgan fingerprint density at radius 1 is 1.44 bits per heavy atom. The minimum absolute atomic E-state index is 0.0994. The Balaban J connectivity index is 2.29. The number of phenols is 1. The molecule has 1 aromatic rings. The summed E-state index contributed by atoms with van der Waals surface area (Å²) in [6.45, 7) is 0.963. The fourth-order valence-corrected chi connectivity index (χ4v) is 2.09. The zero-order valence-electron chi connectivity index (χ0n) is 9.29. The molecule has 0 amide bonds. The predicted octanol–water partition coefficient (Wildman–Crippen LogP) is 2.35. The van der Waals surface area contributed by atoms with Crippen LogP contribution in [0, 0.1) is 5.82 Å². The van der Waals surface area contributed by atoms with Crippen LogP contribution in [-0.4, -0.2) is 18.8 Å². The van der Waals surface area contributed by atoms with Crippen molar-refractivity contribution in [3.8, 4) is 11.5 Å². The fraction of sp³-hybridized carbons (Fsp3) is 0.500. The molecular formula is C12H16FNO2. The maximum absolute atomic E-state index is 13.4. The number of benzene rings is 1. The second-order valence-electron chi connectivity index (χ2n) is 4.06. The standard InChI is InChI=1S/C12H16FNO2/c1-16-11-7-8(6-10(15)12(11)13)9-4-2-3-5-14-9/h6-7,9,14-15H,2-5H2,1H3. The summed E-state index contributed by atoms with van der Waals surface area (Å²) in [4.78, 5) is 0. The van der Waals surface area contributed by atoms with Gasteiger partial charge in [0.25, 0.3) is 0 Å². The first-order chi connectivity index (χ1) is 7.72. The summed E-state index contributed by atoms with van der Waals surface area (Å²) in [5, 5.41) is 12.8. The lowest BCUT2D eigenvalue weighted by Gasteiger charge is -2.24. The zero-order chi connectivity index (χ0) is 11.5. The first kappa shape index (κ1) is 11.2. The summed E-state index contributed by atoms with van der Waals surface area (Å²) in [5.41, 5.74) is 0.885. The molecule has 1 unspecified atom stereocenters. The third-order valence-corrected chi connectivity index (χ3v) is 2.97. The summed E-state index contributed by atoms with van der Waals surface area (Å²) in [5.74, 6) is -0.939. The van der Waals surface area contributed by atoms with Gasteiger partial charge >= 0.3 is 0 Å². The van der Waals surface area contributed by atoms with E-state index < -0.39 is 5.82 Å². The molecule has 0 radical (unpaired) electrons. The second kappa shape index (κ2) is 4.70. The molecule has 0 spiro atoms. The Morgan fingerprint density at radius 2 is 2.25 bits per heavy atom. The molecule has 2 rings (SSSR count). The lowest BCUT2D eigenvalue weighted by Crippen LogP contribution is -2.26. The molecular weight excluding hydrogens is 209 g/mol. The van der Waals surface area contributed by atoms with E-state index in [0.717, 1.165) is 24.9 Å². The lowest BCUT2D eigenvalue weighted by molar-refractivity contribution is 0.358. The number of halogens is 1. The van der Waals surface area contributed by atoms with Gasteiger partial charge in [0.05, 0.1) is 7.11 Å². The van der Waals surface area contributed by atoms with Gasteiger partial charge in [-0.2, -0.15) is 4.39 Å². The highest BCUT2D eigenvalue weighted by Gasteiger charge is 2.18. The fourth-order valence-electron chi connectivity index (χ4n) is 2.09. The van der Waals surface area contributed by atoms with Crippen molar-refractivity contribution in [2.45, 2.75) is 25.3 Å². The number of hydrogen-bond donors (Lipinski definition) is 2. The Bertz CT molecular complexity index is 376. The zero-order valence-corrected chi connectivity index (χ0v) is 9.29. The molecule has 0 saturated carbocycles. The van der Waals surface area contributed by atoms with Crippen molar-refractivity contribution >= 4 is 0 Å². The molecule has 3 nitrogen and oxygen atoms in total. The van der Waals surface area contributed by atoms with Crippen molar-refractivity contribution in [1.82, 2.24) is 5.32 Å². The van der Waals surface area contributed by atoms with Crippen molar-refractivity contribution in [3.63, 3.8) is 0 Å². The normalized spacial score (nSPS) is 20.8. The van der Waals surface area contributed by atoms with Gasteiger partial charge in [-0.1, -0.05) is 6.42 Å². The van der Waals surface area contributed by atoms with E-state index in [1.54, 1.807) is 6.07 Å². The van der Waals surface area contributed by atoms with E-state index in [1.165, 1.54) is 19.6 Å². The number of piperidine rings is 1. The summed E-state index contributed by atoms with van der Waals surface area (Å²) < 4.78 is 18.2. The Morgan fingerprint density at radius 3 is 2.88 bits per heavy atom. The van der Waals surface area contributed by atoms with Gasteiger partial charge in [0.15, 0.2) is 11.5 Å². The predicted molar refractivity (Wildman–Crippen MR) is 59.2 cm³/mol. The van der Waals surface area contributed by atoms with Gasteiger partial charge in [0, 0.05) is 6.04 Å². The molecule has 0 aliphatic carbocycles. The number of ether oxygens (including phenoxy) is 1. The molecule has 16 heavy (non-hydrogen) atoms. The van der Waals surface area contributed by atoms with Crippen LogP contribution in [0.4, 0.5) is 4.39 Å². The smallest absolute Gasteiger partial charge is 0.206 e. The van der Waals surface area contributed by atoms with E-state index in [9.17, 15) is 9.50 Å². The molecule has 2 N–H and O–H groups in total. The Kier molecular flexibility index (Phi) is 3.29. The van der Waals surface area contributed by atoms with Crippen molar-refractivity contribution in [1.29, 1.82) is 0 Å². The minimum atomic E-state index is -0.693. The molecule has 1 heterocycles. The van der Waals surface area contributed by atoms with Crippen LogP contribution in [0.1, 0.15) is 30.9 Å². The molecule has 0 bridgehead atoms. The summed E-state index contributed by atoms with van der Waals surface area (Å²) in [6, 6.07) is 3.31.